The molecule has 26 heavy (non-hydrogen) atoms. The molecule has 2 heterocycles. The second-order valence-electron chi connectivity index (χ2n) is 5.06. The van der Waals surface area contributed by atoms with Crippen LogP contribution in [-0.4, -0.2) is 46.1 Å². The van der Waals surface area contributed by atoms with Crippen molar-refractivity contribution in [1.82, 2.24) is 25.5 Å². The zero-order valence-electron chi connectivity index (χ0n) is 14.2. The number of methoxy groups -OCH3 is 2. The van der Waals surface area contributed by atoms with Gasteiger partial charge in [0.05, 0.1) is 26.5 Å². The summed E-state index contributed by atoms with van der Waals surface area (Å²) >= 11 is 2.86. The summed E-state index contributed by atoms with van der Waals surface area (Å²) in [5.41, 5.74) is 0.666. The van der Waals surface area contributed by atoms with Gasteiger partial charge < -0.3 is 14.8 Å². The Morgan fingerprint density at radius 3 is 2.92 bits per heavy atom. The lowest BCUT2D eigenvalue weighted by Gasteiger charge is -2.11. The number of thioether (sulfide) groups is 1. The molecule has 136 valence electrons. The number of rotatable bonds is 8. The summed E-state index contributed by atoms with van der Waals surface area (Å²) in [5, 5.41) is 17.1. The van der Waals surface area contributed by atoms with Crippen LogP contribution in [0.2, 0.25) is 0 Å². The van der Waals surface area contributed by atoms with Gasteiger partial charge in [-0.15, -0.1) is 16.4 Å². The molecule has 1 aromatic carbocycles. The Bertz CT molecular complexity index is 867. The van der Waals surface area contributed by atoms with E-state index in [9.17, 15) is 4.79 Å². The van der Waals surface area contributed by atoms with E-state index in [0.717, 1.165) is 4.88 Å². The lowest BCUT2D eigenvalue weighted by Crippen LogP contribution is -2.24. The summed E-state index contributed by atoms with van der Waals surface area (Å²) in [4.78, 5) is 13.1. The van der Waals surface area contributed by atoms with Crippen molar-refractivity contribution >= 4 is 29.0 Å². The van der Waals surface area contributed by atoms with Crippen LogP contribution in [0.4, 0.5) is 0 Å². The molecule has 0 spiro atoms. The molecular formula is C16H17N5O3S2. The van der Waals surface area contributed by atoms with E-state index in [1.165, 1.54) is 16.4 Å². The topological polar surface area (TPSA) is 91.2 Å². The number of tetrazole rings is 1. The predicted molar refractivity (Wildman–Crippen MR) is 99.1 cm³/mol. The number of nitrogens with one attached hydrogen (secondary N) is 1. The Hall–Kier alpha value is -2.59. The summed E-state index contributed by atoms with van der Waals surface area (Å²) < 4.78 is 12.1. The summed E-state index contributed by atoms with van der Waals surface area (Å²) in [6.45, 7) is 0.522. The maximum atomic E-state index is 12.0. The molecule has 0 saturated heterocycles. The van der Waals surface area contributed by atoms with E-state index in [2.05, 4.69) is 20.8 Å². The van der Waals surface area contributed by atoms with Crippen molar-refractivity contribution in [3.8, 4) is 17.2 Å². The fourth-order valence-electron chi connectivity index (χ4n) is 2.16. The first-order valence-electron chi connectivity index (χ1n) is 7.64. The SMILES string of the molecule is COc1ccc(-n2nnnc2SCC(=O)NCc2cccs2)c(OC)c1. The van der Waals surface area contributed by atoms with E-state index in [0.29, 0.717) is 28.9 Å². The first-order valence-corrected chi connectivity index (χ1v) is 9.50. The molecule has 0 aliphatic carbocycles. The first-order chi connectivity index (χ1) is 12.7. The third-order valence-corrected chi connectivity index (χ3v) is 5.22. The zero-order chi connectivity index (χ0) is 18.4. The molecule has 0 atom stereocenters. The minimum Gasteiger partial charge on any atom is -0.497 e. The number of aromatic nitrogens is 4. The molecular weight excluding hydrogens is 374 g/mol. The van der Waals surface area contributed by atoms with Gasteiger partial charge in [-0.1, -0.05) is 17.8 Å². The van der Waals surface area contributed by atoms with E-state index in [4.69, 9.17) is 9.47 Å². The van der Waals surface area contributed by atoms with Gasteiger partial charge in [0.25, 0.3) is 0 Å². The molecule has 0 unspecified atom stereocenters. The fraction of sp³-hybridized carbons (Fsp3) is 0.250. The summed E-state index contributed by atoms with van der Waals surface area (Å²) in [6.07, 6.45) is 0. The van der Waals surface area contributed by atoms with E-state index < -0.39 is 0 Å². The minimum atomic E-state index is -0.0837. The Kier molecular flexibility index (Phi) is 6.08. The molecule has 3 aromatic rings. The first kappa shape index (κ1) is 18.2. The van der Waals surface area contributed by atoms with Gasteiger partial charge in [0, 0.05) is 10.9 Å². The third kappa shape index (κ3) is 4.33. The molecule has 1 amide bonds. The van der Waals surface area contributed by atoms with Crippen LogP contribution >= 0.6 is 23.1 Å². The maximum absolute atomic E-state index is 12.0. The van der Waals surface area contributed by atoms with Crippen molar-refractivity contribution in [3.05, 3.63) is 40.6 Å². The Morgan fingerprint density at radius 2 is 2.19 bits per heavy atom. The van der Waals surface area contributed by atoms with Gasteiger partial charge in [-0.25, -0.2) is 0 Å². The van der Waals surface area contributed by atoms with Crippen LogP contribution < -0.4 is 14.8 Å². The quantitative estimate of drug-likeness (QED) is 0.588. The number of carbonyl (C=O) groups is 1. The number of thiophene rings is 1. The summed E-state index contributed by atoms with van der Waals surface area (Å²) in [6, 6.07) is 9.28. The number of hydrogen-bond donors (Lipinski definition) is 1. The molecule has 10 heteroatoms. The molecule has 1 N–H and O–H groups in total. The van der Waals surface area contributed by atoms with Crippen molar-refractivity contribution < 1.29 is 14.3 Å². The predicted octanol–water partition coefficient (Wildman–Crippen LogP) is 2.15. The van der Waals surface area contributed by atoms with Crippen molar-refractivity contribution in [2.45, 2.75) is 11.7 Å². The van der Waals surface area contributed by atoms with E-state index in [1.54, 1.807) is 43.8 Å². The lowest BCUT2D eigenvalue weighted by atomic mass is 10.3. The van der Waals surface area contributed by atoms with Crippen molar-refractivity contribution in [1.29, 1.82) is 0 Å². The van der Waals surface area contributed by atoms with Gasteiger partial charge in [0.15, 0.2) is 0 Å². The monoisotopic (exact) mass is 391 g/mol. The van der Waals surface area contributed by atoms with E-state index in [-0.39, 0.29) is 11.7 Å². The average molecular weight is 391 g/mol. The highest BCUT2D eigenvalue weighted by Crippen LogP contribution is 2.29. The van der Waals surface area contributed by atoms with Crippen LogP contribution in [0.5, 0.6) is 11.5 Å². The fourth-order valence-corrected chi connectivity index (χ4v) is 3.52. The maximum Gasteiger partial charge on any atom is 0.230 e. The molecule has 0 fully saturated rings. The molecule has 0 aliphatic heterocycles. The van der Waals surface area contributed by atoms with Gasteiger partial charge in [0.1, 0.15) is 17.2 Å². The molecule has 2 aromatic heterocycles. The molecule has 0 aliphatic rings. The van der Waals surface area contributed by atoms with Crippen molar-refractivity contribution in [2.24, 2.45) is 0 Å². The second-order valence-corrected chi connectivity index (χ2v) is 7.03. The number of carbonyl (C=O) groups excluding carboxylic acids is 1. The Labute approximate surface area is 158 Å². The minimum absolute atomic E-state index is 0.0837. The highest BCUT2D eigenvalue weighted by molar-refractivity contribution is 7.99. The average Bonchev–Trinajstić information content (AvgIpc) is 3.35. The van der Waals surface area contributed by atoms with Crippen molar-refractivity contribution in [3.63, 3.8) is 0 Å². The molecule has 0 radical (unpaired) electrons. The van der Waals surface area contributed by atoms with Crippen LogP contribution in [0, 0.1) is 0 Å². The third-order valence-electron chi connectivity index (χ3n) is 3.43. The standard InChI is InChI=1S/C16H17N5O3S2/c1-23-11-5-6-13(14(8-11)24-2)21-16(18-19-20-21)26-10-15(22)17-9-12-4-3-7-25-12/h3-8H,9-10H2,1-2H3,(H,17,22). The largest absolute Gasteiger partial charge is 0.497 e. The van der Waals surface area contributed by atoms with Gasteiger partial charge in [0.2, 0.25) is 11.1 Å². The highest BCUT2D eigenvalue weighted by Gasteiger charge is 2.15. The number of ether oxygens (including phenoxy) is 2. The van der Waals surface area contributed by atoms with Crippen LogP contribution in [0.1, 0.15) is 4.88 Å². The van der Waals surface area contributed by atoms with Gasteiger partial charge in [-0.05, 0) is 34.0 Å². The van der Waals surface area contributed by atoms with Crippen LogP contribution in [0.15, 0.2) is 40.9 Å². The van der Waals surface area contributed by atoms with Gasteiger partial charge >= 0.3 is 0 Å². The summed E-state index contributed by atoms with van der Waals surface area (Å²) in [5.74, 6) is 1.37. The number of nitrogens with zero attached hydrogens (tertiary/aromatic N) is 4. The van der Waals surface area contributed by atoms with Gasteiger partial charge in [-0.2, -0.15) is 4.68 Å². The Balaban J connectivity index is 1.66. The molecule has 3 rings (SSSR count). The van der Waals surface area contributed by atoms with Gasteiger partial charge in [-0.3, -0.25) is 4.79 Å². The second kappa shape index (κ2) is 8.68. The smallest absolute Gasteiger partial charge is 0.230 e. The van der Waals surface area contributed by atoms with E-state index in [1.807, 2.05) is 17.5 Å². The van der Waals surface area contributed by atoms with Crippen LogP contribution in [0.3, 0.4) is 0 Å². The zero-order valence-corrected chi connectivity index (χ0v) is 15.8. The van der Waals surface area contributed by atoms with Crippen LogP contribution in [-0.2, 0) is 11.3 Å². The number of benzene rings is 1. The number of amides is 1. The lowest BCUT2D eigenvalue weighted by molar-refractivity contribution is -0.118. The highest BCUT2D eigenvalue weighted by atomic mass is 32.2. The van der Waals surface area contributed by atoms with E-state index >= 15 is 0 Å². The number of hydrogen-bond acceptors (Lipinski definition) is 8. The van der Waals surface area contributed by atoms with Crippen LogP contribution in [0.25, 0.3) is 5.69 Å². The Morgan fingerprint density at radius 1 is 1.31 bits per heavy atom. The molecule has 0 saturated carbocycles. The molecule has 0 bridgehead atoms. The van der Waals surface area contributed by atoms with Crippen molar-refractivity contribution in [2.75, 3.05) is 20.0 Å². The summed E-state index contributed by atoms with van der Waals surface area (Å²) in [7, 11) is 3.15. The normalized spacial score (nSPS) is 10.5. The molecule has 8 nitrogen and oxygen atoms in total.